The van der Waals surface area contributed by atoms with Crippen LogP contribution in [0.2, 0.25) is 0 Å². The molecule has 1 aromatic carbocycles. The monoisotopic (exact) mass is 336 g/mol. The summed E-state index contributed by atoms with van der Waals surface area (Å²) in [6.07, 6.45) is 0. The summed E-state index contributed by atoms with van der Waals surface area (Å²) < 4.78 is 0. The summed E-state index contributed by atoms with van der Waals surface area (Å²) >= 11 is 1.70. The molecule has 23 heavy (non-hydrogen) atoms. The van der Waals surface area contributed by atoms with E-state index in [2.05, 4.69) is 36.1 Å². The summed E-state index contributed by atoms with van der Waals surface area (Å²) in [5.74, 6) is 1.65. The molecular formula is C16H24N4O2S. The topological polar surface area (TPSA) is 70.8 Å². The average molecular weight is 336 g/mol. The Morgan fingerprint density at radius 3 is 2.87 bits per heavy atom. The number of hydrogen-bond donors (Lipinski definition) is 1. The van der Waals surface area contributed by atoms with Gasteiger partial charge in [-0.2, -0.15) is 0 Å². The number of thioether (sulfide) groups is 1. The minimum Gasteiger partial charge on any atom is -0.360 e. The van der Waals surface area contributed by atoms with Crippen LogP contribution < -0.4 is 5.32 Å². The van der Waals surface area contributed by atoms with E-state index in [0.29, 0.717) is 12.0 Å². The molecule has 0 aromatic heterocycles. The van der Waals surface area contributed by atoms with Gasteiger partial charge in [0.05, 0.1) is 16.7 Å². The predicted octanol–water partition coefficient (Wildman–Crippen LogP) is 3.18. The summed E-state index contributed by atoms with van der Waals surface area (Å²) in [6, 6.07) is 5.16. The molecule has 1 heterocycles. The molecule has 0 radical (unpaired) electrons. The number of hydrogen-bond acceptors (Lipinski definition) is 5. The van der Waals surface area contributed by atoms with Gasteiger partial charge in [-0.15, -0.1) is 0 Å². The highest BCUT2D eigenvalue weighted by Gasteiger charge is 2.22. The van der Waals surface area contributed by atoms with Gasteiger partial charge in [0.1, 0.15) is 0 Å². The molecule has 1 fully saturated rings. The molecule has 1 unspecified atom stereocenters. The Bertz CT molecular complexity index is 604. The predicted molar refractivity (Wildman–Crippen MR) is 96.6 cm³/mol. The lowest BCUT2D eigenvalue weighted by molar-refractivity contribution is -0.384. The zero-order valence-electron chi connectivity index (χ0n) is 14.1. The molecular weight excluding hydrogens is 312 g/mol. The van der Waals surface area contributed by atoms with Crippen LogP contribution in [0.4, 0.5) is 11.4 Å². The van der Waals surface area contributed by atoms with E-state index < -0.39 is 0 Å². The molecule has 0 saturated carbocycles. The number of nitro benzene ring substituents is 1. The van der Waals surface area contributed by atoms with Crippen molar-refractivity contribution < 1.29 is 4.92 Å². The van der Waals surface area contributed by atoms with Crippen molar-refractivity contribution in [2.45, 2.75) is 26.8 Å². The molecule has 1 atom stereocenters. The molecule has 1 aliphatic rings. The smallest absolute Gasteiger partial charge is 0.269 e. The van der Waals surface area contributed by atoms with Crippen molar-refractivity contribution >= 4 is 28.3 Å². The maximum Gasteiger partial charge on any atom is 0.269 e. The summed E-state index contributed by atoms with van der Waals surface area (Å²) in [6.45, 7) is 8.36. The number of nitrogens with one attached hydrogen (secondary N) is 1. The normalized spacial score (nSPS) is 19.6. The first kappa shape index (κ1) is 17.7. The second kappa shape index (κ2) is 7.79. The first-order valence-electron chi connectivity index (χ1n) is 7.76. The van der Waals surface area contributed by atoms with Crippen LogP contribution in [0.1, 0.15) is 19.4 Å². The molecule has 1 aromatic rings. The lowest BCUT2D eigenvalue weighted by Crippen LogP contribution is -2.39. The molecule has 1 saturated heterocycles. The molecule has 1 aliphatic heterocycles. The second-order valence-corrected chi connectivity index (χ2v) is 7.42. The van der Waals surface area contributed by atoms with E-state index in [-0.39, 0.29) is 10.6 Å². The van der Waals surface area contributed by atoms with Gasteiger partial charge in [-0.1, -0.05) is 25.6 Å². The van der Waals surface area contributed by atoms with Gasteiger partial charge in [-0.05, 0) is 31.5 Å². The fourth-order valence-electron chi connectivity index (χ4n) is 2.66. The van der Waals surface area contributed by atoms with Crippen LogP contribution in [0, 0.1) is 23.0 Å². The van der Waals surface area contributed by atoms with E-state index in [1.807, 2.05) is 6.92 Å². The highest BCUT2D eigenvalue weighted by molar-refractivity contribution is 8.14. The number of amidine groups is 1. The van der Waals surface area contributed by atoms with Crippen molar-refractivity contribution in [3.05, 3.63) is 33.9 Å². The van der Waals surface area contributed by atoms with Gasteiger partial charge in [0.2, 0.25) is 0 Å². The number of aliphatic imine (C=N–C) groups is 1. The largest absolute Gasteiger partial charge is 0.360 e. The molecule has 0 bridgehead atoms. The Morgan fingerprint density at radius 1 is 1.52 bits per heavy atom. The third kappa shape index (κ3) is 5.21. The second-order valence-electron chi connectivity index (χ2n) is 6.41. The molecule has 0 spiro atoms. The van der Waals surface area contributed by atoms with Crippen LogP contribution in [0.3, 0.4) is 0 Å². The van der Waals surface area contributed by atoms with Gasteiger partial charge in [0.25, 0.3) is 5.69 Å². The summed E-state index contributed by atoms with van der Waals surface area (Å²) in [7, 11) is 2.14. The minimum absolute atomic E-state index is 0.103. The first-order chi connectivity index (χ1) is 10.8. The zero-order valence-corrected chi connectivity index (χ0v) is 14.9. The quantitative estimate of drug-likeness (QED) is 0.638. The third-order valence-corrected chi connectivity index (χ3v) is 4.62. The number of likely N-dealkylation sites (N-methyl/N-ethyl adjacent to an activating group) is 1. The number of non-ortho nitro benzene ring substituents is 1. The minimum atomic E-state index is -0.382. The van der Waals surface area contributed by atoms with Crippen molar-refractivity contribution in [1.29, 1.82) is 0 Å². The number of rotatable bonds is 6. The molecule has 0 amide bonds. The number of aryl methyl sites for hydroxylation is 1. The number of benzene rings is 1. The first-order valence-corrected chi connectivity index (χ1v) is 8.75. The zero-order chi connectivity index (χ0) is 17.0. The highest BCUT2D eigenvalue weighted by Crippen LogP contribution is 2.26. The van der Waals surface area contributed by atoms with E-state index in [0.717, 1.165) is 35.3 Å². The Hall–Kier alpha value is -1.60. The fourth-order valence-corrected chi connectivity index (χ4v) is 3.62. The molecule has 0 aliphatic carbocycles. The average Bonchev–Trinajstić information content (AvgIpc) is 2.87. The van der Waals surface area contributed by atoms with Crippen molar-refractivity contribution in [3.8, 4) is 0 Å². The Morgan fingerprint density at radius 2 is 2.26 bits per heavy atom. The Kier molecular flexibility index (Phi) is 6.01. The van der Waals surface area contributed by atoms with Crippen LogP contribution >= 0.6 is 11.8 Å². The molecule has 2 rings (SSSR count). The van der Waals surface area contributed by atoms with Crippen LogP contribution in [0.5, 0.6) is 0 Å². The van der Waals surface area contributed by atoms with Crippen LogP contribution in [0.25, 0.3) is 0 Å². The fraction of sp³-hybridized carbons (Fsp3) is 0.562. The molecule has 7 heteroatoms. The molecule has 1 N–H and O–H groups in total. The lowest BCUT2D eigenvalue weighted by atomic mass is 10.2. The molecule has 6 nitrogen and oxygen atoms in total. The SMILES string of the molecule is Cc1cc([N+](=O)[O-])ccc1N=C1NC(CN(C)CC(C)C)CS1. The van der Waals surface area contributed by atoms with Gasteiger partial charge in [-0.25, -0.2) is 4.99 Å². The van der Waals surface area contributed by atoms with Gasteiger partial charge >= 0.3 is 0 Å². The summed E-state index contributed by atoms with van der Waals surface area (Å²) in [5.41, 5.74) is 1.70. The van der Waals surface area contributed by atoms with Crippen LogP contribution in [-0.4, -0.2) is 46.9 Å². The van der Waals surface area contributed by atoms with Gasteiger partial charge < -0.3 is 10.2 Å². The van der Waals surface area contributed by atoms with Crippen molar-refractivity contribution in [2.24, 2.45) is 10.9 Å². The lowest BCUT2D eigenvalue weighted by Gasteiger charge is -2.22. The Labute approximate surface area is 141 Å². The van der Waals surface area contributed by atoms with Crippen LogP contribution in [-0.2, 0) is 0 Å². The van der Waals surface area contributed by atoms with Gasteiger partial charge in [0, 0.05) is 31.0 Å². The van der Waals surface area contributed by atoms with Crippen molar-refractivity contribution in [1.82, 2.24) is 10.2 Å². The highest BCUT2D eigenvalue weighted by atomic mass is 32.2. The van der Waals surface area contributed by atoms with Crippen molar-refractivity contribution in [2.75, 3.05) is 25.9 Å². The van der Waals surface area contributed by atoms with E-state index in [1.54, 1.807) is 23.9 Å². The summed E-state index contributed by atoms with van der Waals surface area (Å²) in [4.78, 5) is 17.3. The van der Waals surface area contributed by atoms with Crippen molar-refractivity contribution in [3.63, 3.8) is 0 Å². The number of nitrogens with zero attached hydrogens (tertiary/aromatic N) is 3. The maximum atomic E-state index is 10.8. The third-order valence-electron chi connectivity index (χ3n) is 3.57. The molecule has 126 valence electrons. The standard InChI is InChI=1S/C16H24N4O2S/c1-11(2)8-19(4)9-13-10-23-16(17-13)18-15-6-5-14(20(21)22)7-12(15)3/h5-7,11,13H,8-10H2,1-4H3,(H,17,18). The number of nitro groups is 1. The van der Waals surface area contributed by atoms with E-state index >= 15 is 0 Å². The maximum absolute atomic E-state index is 10.8. The summed E-state index contributed by atoms with van der Waals surface area (Å²) in [5, 5.41) is 15.1. The van der Waals surface area contributed by atoms with Gasteiger partial charge in [0.15, 0.2) is 5.17 Å². The Balaban J connectivity index is 1.98. The van der Waals surface area contributed by atoms with Crippen LogP contribution in [0.15, 0.2) is 23.2 Å². The van der Waals surface area contributed by atoms with Gasteiger partial charge in [-0.3, -0.25) is 10.1 Å². The van der Waals surface area contributed by atoms with E-state index in [9.17, 15) is 10.1 Å². The van der Waals surface area contributed by atoms with E-state index in [4.69, 9.17) is 0 Å². The van der Waals surface area contributed by atoms with E-state index in [1.165, 1.54) is 6.07 Å².